The molecule has 0 radical (unpaired) electrons. The number of nitrogens with zero attached hydrogens (tertiary/aromatic N) is 4. The number of rotatable bonds is 7. The average Bonchev–Trinajstić information content (AvgIpc) is 3.52. The van der Waals surface area contributed by atoms with E-state index in [0.717, 1.165) is 27.5 Å². The van der Waals surface area contributed by atoms with Crippen molar-refractivity contribution in [3.63, 3.8) is 0 Å². The molecule has 0 atom stereocenters. The fourth-order valence-electron chi connectivity index (χ4n) is 4.99. The van der Waals surface area contributed by atoms with Gasteiger partial charge in [-0.2, -0.15) is 9.78 Å². The number of hydrogen-bond donors (Lipinski definition) is 0. The van der Waals surface area contributed by atoms with Gasteiger partial charge in [-0.25, -0.2) is 4.98 Å². The van der Waals surface area contributed by atoms with Crippen LogP contribution in [-0.2, 0) is 16.1 Å². The van der Waals surface area contributed by atoms with Crippen LogP contribution >= 0.6 is 0 Å². The van der Waals surface area contributed by atoms with Gasteiger partial charge < -0.3 is 18.5 Å². The van der Waals surface area contributed by atoms with Gasteiger partial charge in [-0.05, 0) is 50.2 Å². The summed E-state index contributed by atoms with van der Waals surface area (Å²) < 4.78 is 19.9. The normalized spacial score (nSPS) is 11.7. The van der Waals surface area contributed by atoms with Gasteiger partial charge in [0.2, 0.25) is 5.82 Å². The fourth-order valence-corrected chi connectivity index (χ4v) is 4.99. The summed E-state index contributed by atoms with van der Waals surface area (Å²) in [4.78, 5) is 30.8. The molecule has 0 aliphatic rings. The number of esters is 1. The van der Waals surface area contributed by atoms with Gasteiger partial charge in [0.25, 0.3) is 5.56 Å². The first-order chi connectivity index (χ1) is 19.5. The van der Waals surface area contributed by atoms with Crippen LogP contribution in [0.15, 0.2) is 87.1 Å². The first kappa shape index (κ1) is 25.1. The zero-order valence-corrected chi connectivity index (χ0v) is 22.2. The van der Waals surface area contributed by atoms with E-state index in [1.165, 1.54) is 4.68 Å². The van der Waals surface area contributed by atoms with E-state index < -0.39 is 0 Å². The molecule has 40 heavy (non-hydrogen) atoms. The van der Waals surface area contributed by atoms with Crippen LogP contribution in [0.2, 0.25) is 0 Å². The maximum atomic E-state index is 13.7. The molecular weight excluding hydrogens is 508 g/mol. The number of carbonyl (C=O) groups is 1. The van der Waals surface area contributed by atoms with Gasteiger partial charge in [0.1, 0.15) is 17.9 Å². The van der Waals surface area contributed by atoms with Gasteiger partial charge in [-0.15, -0.1) is 0 Å². The minimum absolute atomic E-state index is 0.0670. The highest BCUT2D eigenvalue weighted by atomic mass is 16.5. The lowest BCUT2D eigenvalue weighted by molar-refractivity contribution is -0.143. The van der Waals surface area contributed by atoms with Crippen molar-refractivity contribution in [2.75, 3.05) is 13.7 Å². The molecule has 0 aliphatic carbocycles. The van der Waals surface area contributed by atoms with E-state index in [0.29, 0.717) is 34.6 Å². The molecule has 3 aromatic heterocycles. The topological polar surface area (TPSA) is 101 Å². The summed E-state index contributed by atoms with van der Waals surface area (Å²) in [7, 11) is 1.59. The summed E-state index contributed by atoms with van der Waals surface area (Å²) in [5, 5.41) is 6.73. The second kappa shape index (κ2) is 10.2. The molecule has 0 aliphatic heterocycles. The second-order valence-corrected chi connectivity index (χ2v) is 9.20. The summed E-state index contributed by atoms with van der Waals surface area (Å²) in [5.41, 5.74) is 3.25. The van der Waals surface area contributed by atoms with Crippen molar-refractivity contribution in [1.82, 2.24) is 14.2 Å². The standard InChI is InChI=1S/C31H26N4O5/c1-4-39-29(36)18-34-19(2)23(20-10-6-8-13-25(20)34)17-32-35-30(33-24-12-7-5-11-21(24)31(35)37)28-16-22-26(38-3)14-9-15-27(22)40-28/h5-17H,4,18H2,1-3H3. The monoisotopic (exact) mass is 534 g/mol. The smallest absolute Gasteiger partial charge is 0.325 e. The SMILES string of the molecule is CCOC(=O)Cn1c(C)c(C=Nn2c(-c3cc4c(OC)cccc4o3)nc3ccccc3c2=O)c2ccccc21. The fraction of sp³-hybridized carbons (Fsp3) is 0.161. The number of hydrogen-bond acceptors (Lipinski definition) is 7. The molecule has 9 heteroatoms. The van der Waals surface area contributed by atoms with Crippen molar-refractivity contribution in [1.29, 1.82) is 0 Å². The van der Waals surface area contributed by atoms with Gasteiger partial charge in [-0.1, -0.05) is 36.4 Å². The van der Waals surface area contributed by atoms with Crippen molar-refractivity contribution in [3.8, 4) is 17.3 Å². The molecule has 3 heterocycles. The van der Waals surface area contributed by atoms with Gasteiger partial charge in [0.05, 0.1) is 36.2 Å². The molecule has 0 saturated heterocycles. The number of para-hydroxylation sites is 2. The summed E-state index contributed by atoms with van der Waals surface area (Å²) >= 11 is 0. The number of fused-ring (bicyclic) bond motifs is 3. The summed E-state index contributed by atoms with van der Waals surface area (Å²) in [6.45, 7) is 4.06. The maximum Gasteiger partial charge on any atom is 0.325 e. The Morgan fingerprint density at radius 3 is 2.60 bits per heavy atom. The van der Waals surface area contributed by atoms with Crippen LogP contribution in [-0.4, -0.2) is 40.1 Å². The van der Waals surface area contributed by atoms with E-state index in [9.17, 15) is 9.59 Å². The molecule has 6 rings (SSSR count). The molecule has 0 spiro atoms. The second-order valence-electron chi connectivity index (χ2n) is 9.20. The molecule has 0 fully saturated rings. The predicted octanol–water partition coefficient (Wildman–Crippen LogP) is 5.53. The van der Waals surface area contributed by atoms with Crippen LogP contribution < -0.4 is 10.3 Å². The van der Waals surface area contributed by atoms with Crippen molar-refractivity contribution >= 4 is 45.0 Å². The van der Waals surface area contributed by atoms with Crippen LogP contribution in [0.3, 0.4) is 0 Å². The van der Waals surface area contributed by atoms with Crippen LogP contribution in [0.5, 0.6) is 5.75 Å². The zero-order chi connectivity index (χ0) is 27.8. The summed E-state index contributed by atoms with van der Waals surface area (Å²) in [6, 6.07) is 22.2. The molecule has 0 unspecified atom stereocenters. The van der Waals surface area contributed by atoms with Gasteiger partial charge in [0, 0.05) is 22.2 Å². The highest BCUT2D eigenvalue weighted by molar-refractivity contribution is 6.01. The molecule has 9 nitrogen and oxygen atoms in total. The largest absolute Gasteiger partial charge is 0.496 e. The Balaban J connectivity index is 1.54. The van der Waals surface area contributed by atoms with E-state index in [4.69, 9.17) is 18.9 Å². The Labute approximate surface area is 228 Å². The van der Waals surface area contributed by atoms with Crippen molar-refractivity contribution in [2.45, 2.75) is 20.4 Å². The van der Waals surface area contributed by atoms with Crippen LogP contribution in [0, 0.1) is 6.92 Å². The predicted molar refractivity (Wildman–Crippen MR) is 154 cm³/mol. The maximum absolute atomic E-state index is 13.7. The molecule has 0 N–H and O–H groups in total. The average molecular weight is 535 g/mol. The number of furan rings is 1. The summed E-state index contributed by atoms with van der Waals surface area (Å²) in [6.07, 6.45) is 1.63. The number of benzene rings is 3. The minimum Gasteiger partial charge on any atom is -0.496 e. The number of aromatic nitrogens is 3. The quantitative estimate of drug-likeness (QED) is 0.197. The Bertz CT molecular complexity index is 2000. The lowest BCUT2D eigenvalue weighted by Gasteiger charge is -2.08. The van der Waals surface area contributed by atoms with E-state index in [1.54, 1.807) is 44.5 Å². The van der Waals surface area contributed by atoms with Gasteiger partial charge in [-0.3, -0.25) is 9.59 Å². The van der Waals surface area contributed by atoms with Crippen LogP contribution in [0.25, 0.3) is 44.4 Å². The Morgan fingerprint density at radius 2 is 1.80 bits per heavy atom. The highest BCUT2D eigenvalue weighted by Gasteiger charge is 2.19. The Kier molecular flexibility index (Phi) is 6.39. The minimum atomic E-state index is -0.336. The van der Waals surface area contributed by atoms with Crippen LogP contribution in [0.1, 0.15) is 18.2 Å². The highest BCUT2D eigenvalue weighted by Crippen LogP contribution is 2.33. The lowest BCUT2D eigenvalue weighted by Crippen LogP contribution is -2.20. The number of methoxy groups -OCH3 is 1. The van der Waals surface area contributed by atoms with Crippen LogP contribution in [0.4, 0.5) is 0 Å². The van der Waals surface area contributed by atoms with Gasteiger partial charge >= 0.3 is 5.97 Å². The Hall–Kier alpha value is -5.18. The summed E-state index contributed by atoms with van der Waals surface area (Å²) in [5.74, 6) is 0.954. The first-order valence-corrected chi connectivity index (χ1v) is 12.9. The van der Waals surface area contributed by atoms with E-state index in [1.807, 2.05) is 60.0 Å². The number of carbonyl (C=O) groups excluding carboxylic acids is 1. The molecular formula is C31H26N4O5. The number of ether oxygens (including phenoxy) is 2. The van der Waals surface area contributed by atoms with Crippen molar-refractivity contribution in [2.24, 2.45) is 5.10 Å². The first-order valence-electron chi connectivity index (χ1n) is 12.9. The van der Waals surface area contributed by atoms with E-state index in [2.05, 4.69) is 5.10 Å². The van der Waals surface area contributed by atoms with Gasteiger partial charge in [0.15, 0.2) is 5.76 Å². The Morgan fingerprint density at radius 1 is 1.02 bits per heavy atom. The molecule has 200 valence electrons. The molecule has 0 bridgehead atoms. The van der Waals surface area contributed by atoms with Crippen molar-refractivity contribution < 1.29 is 18.7 Å². The lowest BCUT2D eigenvalue weighted by atomic mass is 10.1. The molecule has 0 saturated carbocycles. The third kappa shape index (κ3) is 4.21. The third-order valence-corrected chi connectivity index (χ3v) is 6.89. The molecule has 3 aromatic carbocycles. The van der Waals surface area contributed by atoms with Crippen molar-refractivity contribution in [3.05, 3.63) is 94.4 Å². The molecule has 0 amide bonds. The van der Waals surface area contributed by atoms with E-state index >= 15 is 0 Å². The zero-order valence-electron chi connectivity index (χ0n) is 22.2. The van der Waals surface area contributed by atoms with E-state index in [-0.39, 0.29) is 23.9 Å². The molecule has 6 aromatic rings. The third-order valence-electron chi connectivity index (χ3n) is 6.89.